The zero-order valence-corrected chi connectivity index (χ0v) is 11.6. The molecule has 20 heavy (non-hydrogen) atoms. The van der Waals surface area contributed by atoms with Crippen molar-refractivity contribution in [1.82, 2.24) is 14.9 Å². The second-order valence-electron chi connectivity index (χ2n) is 4.47. The van der Waals surface area contributed by atoms with E-state index < -0.39 is 0 Å². The Morgan fingerprint density at radius 3 is 2.90 bits per heavy atom. The first-order chi connectivity index (χ1) is 9.69. The van der Waals surface area contributed by atoms with Crippen molar-refractivity contribution in [3.63, 3.8) is 0 Å². The van der Waals surface area contributed by atoms with E-state index in [0.29, 0.717) is 13.0 Å². The van der Waals surface area contributed by atoms with Gasteiger partial charge in [0.15, 0.2) is 0 Å². The molecule has 2 rings (SSSR count). The quantitative estimate of drug-likeness (QED) is 0.830. The topological polar surface area (TPSA) is 55.3 Å². The fourth-order valence-corrected chi connectivity index (χ4v) is 1.83. The van der Waals surface area contributed by atoms with Gasteiger partial charge in [-0.1, -0.05) is 12.1 Å². The minimum atomic E-state index is 0.0314. The number of hydrogen-bond donors (Lipinski definition) is 0. The summed E-state index contributed by atoms with van der Waals surface area (Å²) in [4.78, 5) is 21.9. The number of carbonyl (C=O) groups is 1. The predicted molar refractivity (Wildman–Crippen MR) is 75.2 cm³/mol. The third-order valence-corrected chi connectivity index (χ3v) is 2.93. The highest BCUT2D eigenvalue weighted by molar-refractivity contribution is 5.78. The molecule has 2 aromatic rings. The Hall–Kier alpha value is -2.43. The van der Waals surface area contributed by atoms with E-state index in [2.05, 4.69) is 9.97 Å². The van der Waals surface area contributed by atoms with Crippen LogP contribution in [0.25, 0.3) is 0 Å². The molecule has 5 nitrogen and oxygen atoms in total. The normalized spacial score (nSPS) is 10.1. The molecule has 104 valence electrons. The summed E-state index contributed by atoms with van der Waals surface area (Å²) < 4.78 is 5.15. The van der Waals surface area contributed by atoms with Gasteiger partial charge in [-0.05, 0) is 17.7 Å². The second-order valence-corrected chi connectivity index (χ2v) is 4.47. The molecular formula is C15H17N3O2. The number of benzene rings is 1. The molecule has 1 aromatic carbocycles. The lowest BCUT2D eigenvalue weighted by atomic mass is 10.1. The molecule has 5 heteroatoms. The Labute approximate surface area is 118 Å². The van der Waals surface area contributed by atoms with Crippen molar-refractivity contribution in [2.75, 3.05) is 14.2 Å². The van der Waals surface area contributed by atoms with E-state index in [1.54, 1.807) is 37.6 Å². The van der Waals surface area contributed by atoms with Gasteiger partial charge in [0.1, 0.15) is 5.75 Å². The van der Waals surface area contributed by atoms with Crippen molar-refractivity contribution >= 4 is 5.91 Å². The Morgan fingerprint density at radius 2 is 2.20 bits per heavy atom. The summed E-state index contributed by atoms with van der Waals surface area (Å²) in [7, 11) is 3.37. The van der Waals surface area contributed by atoms with Crippen LogP contribution < -0.4 is 4.74 Å². The van der Waals surface area contributed by atoms with E-state index in [1.165, 1.54) is 0 Å². The highest BCUT2D eigenvalue weighted by Crippen LogP contribution is 2.13. The number of amides is 1. The molecule has 0 aliphatic carbocycles. The summed E-state index contributed by atoms with van der Waals surface area (Å²) in [5.74, 6) is 0.788. The van der Waals surface area contributed by atoms with Crippen LogP contribution in [0.2, 0.25) is 0 Å². The number of methoxy groups -OCH3 is 1. The van der Waals surface area contributed by atoms with Crippen molar-refractivity contribution in [3.8, 4) is 5.75 Å². The van der Waals surface area contributed by atoms with Gasteiger partial charge >= 0.3 is 0 Å². The van der Waals surface area contributed by atoms with Crippen LogP contribution in [0.1, 0.15) is 11.3 Å². The van der Waals surface area contributed by atoms with Gasteiger partial charge in [0, 0.05) is 19.4 Å². The summed E-state index contributed by atoms with van der Waals surface area (Å²) in [6.45, 7) is 0.455. The predicted octanol–water partition coefficient (Wildman–Crippen LogP) is 1.69. The molecule has 0 N–H and O–H groups in total. The van der Waals surface area contributed by atoms with E-state index in [4.69, 9.17) is 4.74 Å². The average Bonchev–Trinajstić information content (AvgIpc) is 2.48. The summed E-state index contributed by atoms with van der Waals surface area (Å²) in [6, 6.07) is 7.52. The maximum atomic E-state index is 12.2. The highest BCUT2D eigenvalue weighted by atomic mass is 16.5. The van der Waals surface area contributed by atoms with Crippen LogP contribution in [-0.4, -0.2) is 34.9 Å². The van der Waals surface area contributed by atoms with Gasteiger partial charge in [0.25, 0.3) is 0 Å². The van der Waals surface area contributed by atoms with Gasteiger partial charge in [-0.25, -0.2) is 0 Å². The average molecular weight is 271 g/mol. The van der Waals surface area contributed by atoms with Crippen molar-refractivity contribution < 1.29 is 9.53 Å². The fourth-order valence-electron chi connectivity index (χ4n) is 1.83. The van der Waals surface area contributed by atoms with E-state index in [0.717, 1.165) is 17.0 Å². The first kappa shape index (κ1) is 14.0. The van der Waals surface area contributed by atoms with Gasteiger partial charge < -0.3 is 9.64 Å². The molecule has 1 aromatic heterocycles. The van der Waals surface area contributed by atoms with Gasteiger partial charge in [0.2, 0.25) is 5.91 Å². The Kier molecular flexibility index (Phi) is 4.65. The van der Waals surface area contributed by atoms with Crippen molar-refractivity contribution in [3.05, 3.63) is 54.1 Å². The molecule has 0 bridgehead atoms. The number of rotatable bonds is 5. The lowest BCUT2D eigenvalue weighted by Gasteiger charge is -2.16. The number of ether oxygens (including phenoxy) is 1. The van der Waals surface area contributed by atoms with E-state index in [-0.39, 0.29) is 5.91 Å². The smallest absolute Gasteiger partial charge is 0.227 e. The molecule has 0 aliphatic heterocycles. The number of nitrogens with zero attached hydrogens (tertiary/aromatic N) is 3. The molecule has 0 atom stereocenters. The van der Waals surface area contributed by atoms with E-state index >= 15 is 0 Å². The highest BCUT2D eigenvalue weighted by Gasteiger charge is 2.11. The second kappa shape index (κ2) is 6.65. The first-order valence-corrected chi connectivity index (χ1v) is 6.31. The Morgan fingerprint density at radius 1 is 1.35 bits per heavy atom. The van der Waals surface area contributed by atoms with Crippen LogP contribution in [-0.2, 0) is 17.8 Å². The fraction of sp³-hybridized carbons (Fsp3) is 0.267. The molecule has 0 unspecified atom stereocenters. The van der Waals surface area contributed by atoms with E-state index in [9.17, 15) is 4.79 Å². The summed E-state index contributed by atoms with van der Waals surface area (Å²) in [6.07, 6.45) is 5.24. The molecule has 1 amide bonds. The van der Waals surface area contributed by atoms with Crippen LogP contribution in [0, 0.1) is 0 Å². The zero-order valence-electron chi connectivity index (χ0n) is 11.6. The van der Waals surface area contributed by atoms with Gasteiger partial charge in [0.05, 0.1) is 32.0 Å². The van der Waals surface area contributed by atoms with Gasteiger partial charge in [-0.2, -0.15) is 0 Å². The largest absolute Gasteiger partial charge is 0.497 e. The summed E-state index contributed by atoms with van der Waals surface area (Å²) >= 11 is 0. The molecule has 0 spiro atoms. The van der Waals surface area contributed by atoms with Crippen molar-refractivity contribution in [2.45, 2.75) is 13.0 Å². The maximum Gasteiger partial charge on any atom is 0.227 e. The Bertz CT molecular complexity index is 572. The maximum absolute atomic E-state index is 12.2. The number of aromatic nitrogens is 2. The van der Waals surface area contributed by atoms with Crippen LogP contribution >= 0.6 is 0 Å². The summed E-state index contributed by atoms with van der Waals surface area (Å²) in [5, 5.41) is 0. The van der Waals surface area contributed by atoms with Crippen LogP contribution in [0.4, 0.5) is 0 Å². The minimum absolute atomic E-state index is 0.0314. The summed E-state index contributed by atoms with van der Waals surface area (Å²) in [5.41, 5.74) is 1.70. The SMILES string of the molecule is COc1cccc(CC(=O)N(C)Cc2cnccn2)c1. The molecule has 0 saturated heterocycles. The number of carbonyl (C=O) groups excluding carboxylic acids is 1. The molecule has 0 saturated carbocycles. The molecule has 0 fully saturated rings. The lowest BCUT2D eigenvalue weighted by molar-refractivity contribution is -0.129. The van der Waals surface area contributed by atoms with Crippen molar-refractivity contribution in [2.24, 2.45) is 0 Å². The zero-order chi connectivity index (χ0) is 14.4. The van der Waals surface area contributed by atoms with Crippen LogP contribution in [0.5, 0.6) is 5.75 Å². The van der Waals surface area contributed by atoms with Crippen LogP contribution in [0.15, 0.2) is 42.9 Å². The van der Waals surface area contributed by atoms with Crippen LogP contribution in [0.3, 0.4) is 0 Å². The van der Waals surface area contributed by atoms with Gasteiger partial charge in [-0.15, -0.1) is 0 Å². The molecular weight excluding hydrogens is 254 g/mol. The standard InChI is InChI=1S/C15H17N3O2/c1-18(11-13-10-16-6-7-17-13)15(19)9-12-4-3-5-14(8-12)20-2/h3-8,10H,9,11H2,1-2H3. The number of hydrogen-bond acceptors (Lipinski definition) is 4. The minimum Gasteiger partial charge on any atom is -0.497 e. The first-order valence-electron chi connectivity index (χ1n) is 6.31. The Balaban J connectivity index is 1.97. The van der Waals surface area contributed by atoms with Gasteiger partial charge in [-0.3, -0.25) is 14.8 Å². The van der Waals surface area contributed by atoms with Crippen molar-refractivity contribution in [1.29, 1.82) is 0 Å². The van der Waals surface area contributed by atoms with E-state index in [1.807, 2.05) is 24.3 Å². The lowest BCUT2D eigenvalue weighted by Crippen LogP contribution is -2.28. The molecule has 0 aliphatic rings. The number of likely N-dealkylation sites (N-methyl/N-ethyl adjacent to an activating group) is 1. The third kappa shape index (κ3) is 3.78. The molecule has 0 radical (unpaired) electrons. The third-order valence-electron chi connectivity index (χ3n) is 2.93. The molecule has 1 heterocycles. The monoisotopic (exact) mass is 271 g/mol.